The van der Waals surface area contributed by atoms with Crippen LogP contribution in [0, 0.1) is 0 Å². The molecule has 0 unspecified atom stereocenters. The summed E-state index contributed by atoms with van der Waals surface area (Å²) in [5.41, 5.74) is 3.73. The Morgan fingerprint density at radius 3 is 2.29 bits per heavy atom. The molecule has 1 aliphatic heterocycles. The minimum atomic E-state index is -0.424. The summed E-state index contributed by atoms with van der Waals surface area (Å²) in [6, 6.07) is 27.0. The van der Waals surface area contributed by atoms with Crippen molar-refractivity contribution in [2.75, 3.05) is 13.7 Å². The van der Waals surface area contributed by atoms with Crippen molar-refractivity contribution in [1.82, 2.24) is 14.9 Å². The first-order valence-corrected chi connectivity index (χ1v) is 11.3. The fraction of sp³-hybridized carbons (Fsp3) is 0.179. The monoisotopic (exact) mass is 451 g/mol. The predicted octanol–water partition coefficient (Wildman–Crippen LogP) is 4.16. The van der Waals surface area contributed by atoms with Gasteiger partial charge in [0.05, 0.1) is 30.8 Å². The molecule has 1 N–H and O–H groups in total. The maximum Gasteiger partial charge on any atom is 0.256 e. The van der Waals surface area contributed by atoms with Gasteiger partial charge in [-0.15, -0.1) is 0 Å². The van der Waals surface area contributed by atoms with Crippen molar-refractivity contribution in [2.24, 2.45) is 0 Å². The highest BCUT2D eigenvalue weighted by Gasteiger charge is 2.31. The second kappa shape index (κ2) is 9.35. The Balaban J connectivity index is 1.46. The molecule has 1 aromatic heterocycles. The molecular formula is C28H25N3O3. The highest BCUT2D eigenvalue weighted by atomic mass is 16.5. The third-order valence-corrected chi connectivity index (χ3v) is 6.24. The summed E-state index contributed by atoms with van der Waals surface area (Å²) in [5, 5.41) is 0. The van der Waals surface area contributed by atoms with E-state index in [0.717, 1.165) is 22.4 Å². The van der Waals surface area contributed by atoms with E-state index in [-0.39, 0.29) is 18.0 Å². The maximum absolute atomic E-state index is 13.8. The summed E-state index contributed by atoms with van der Waals surface area (Å²) in [4.78, 5) is 36.2. The van der Waals surface area contributed by atoms with Crippen molar-refractivity contribution in [2.45, 2.75) is 18.9 Å². The van der Waals surface area contributed by atoms with Crippen LogP contribution in [0.25, 0.3) is 11.4 Å². The van der Waals surface area contributed by atoms with Crippen LogP contribution in [0.5, 0.6) is 5.75 Å². The van der Waals surface area contributed by atoms with Crippen molar-refractivity contribution in [3.63, 3.8) is 0 Å². The number of carbonyl (C=O) groups is 1. The number of nitrogens with one attached hydrogen (secondary N) is 1. The Morgan fingerprint density at radius 1 is 0.971 bits per heavy atom. The number of ether oxygens (including phenoxy) is 1. The Morgan fingerprint density at radius 2 is 1.65 bits per heavy atom. The number of rotatable bonds is 5. The van der Waals surface area contributed by atoms with Crippen LogP contribution < -0.4 is 10.3 Å². The molecule has 0 saturated heterocycles. The van der Waals surface area contributed by atoms with Crippen LogP contribution in [0.15, 0.2) is 89.7 Å². The molecule has 1 amide bonds. The number of aromatic nitrogens is 2. The van der Waals surface area contributed by atoms with Crippen LogP contribution in [0.2, 0.25) is 0 Å². The number of fused-ring (bicyclic) bond motifs is 1. The van der Waals surface area contributed by atoms with E-state index in [1.54, 1.807) is 12.0 Å². The van der Waals surface area contributed by atoms with Gasteiger partial charge in [-0.25, -0.2) is 4.98 Å². The van der Waals surface area contributed by atoms with Gasteiger partial charge in [0.2, 0.25) is 5.91 Å². The number of benzene rings is 3. The summed E-state index contributed by atoms with van der Waals surface area (Å²) >= 11 is 0. The van der Waals surface area contributed by atoms with E-state index in [2.05, 4.69) is 4.98 Å². The summed E-state index contributed by atoms with van der Waals surface area (Å²) in [6.07, 6.45) is 0.526. The highest BCUT2D eigenvalue weighted by Crippen LogP contribution is 2.29. The minimum Gasteiger partial charge on any atom is -0.497 e. The second-order valence-electron chi connectivity index (χ2n) is 8.34. The Labute approximate surface area is 197 Å². The highest BCUT2D eigenvalue weighted by molar-refractivity contribution is 5.87. The standard InChI is InChI=1S/C28H25N3O3/c1-34-22-14-8-13-21(17-22)26-29-24-15-16-31(18-23(24)27(32)30-26)28(33)25(19-9-4-2-5-10-19)20-11-6-3-7-12-20/h2-14,17,25H,15-16,18H2,1H3,(H,29,30,32). The first-order valence-electron chi connectivity index (χ1n) is 11.3. The molecule has 4 aromatic rings. The van der Waals surface area contributed by atoms with Crippen molar-refractivity contribution in [3.05, 3.63) is 118 Å². The topological polar surface area (TPSA) is 75.3 Å². The van der Waals surface area contributed by atoms with Gasteiger partial charge in [-0.2, -0.15) is 0 Å². The van der Waals surface area contributed by atoms with Crippen molar-refractivity contribution < 1.29 is 9.53 Å². The Kier molecular flexibility index (Phi) is 5.95. The third kappa shape index (κ3) is 4.22. The first-order chi connectivity index (χ1) is 16.6. The second-order valence-corrected chi connectivity index (χ2v) is 8.34. The number of amides is 1. The van der Waals surface area contributed by atoms with Gasteiger partial charge in [0.1, 0.15) is 11.6 Å². The number of carbonyl (C=O) groups excluding carboxylic acids is 1. The molecule has 2 heterocycles. The van der Waals surface area contributed by atoms with E-state index in [9.17, 15) is 9.59 Å². The van der Waals surface area contributed by atoms with Crippen LogP contribution in [0.3, 0.4) is 0 Å². The van der Waals surface area contributed by atoms with Crippen LogP contribution in [0.1, 0.15) is 28.3 Å². The molecule has 34 heavy (non-hydrogen) atoms. The molecule has 0 radical (unpaired) electrons. The van der Waals surface area contributed by atoms with Crippen molar-refractivity contribution >= 4 is 5.91 Å². The van der Waals surface area contributed by atoms with Crippen molar-refractivity contribution in [3.8, 4) is 17.1 Å². The largest absolute Gasteiger partial charge is 0.497 e. The third-order valence-electron chi connectivity index (χ3n) is 6.24. The summed E-state index contributed by atoms with van der Waals surface area (Å²) in [5.74, 6) is 0.766. The van der Waals surface area contributed by atoms with Crippen LogP contribution in [-0.2, 0) is 17.8 Å². The minimum absolute atomic E-state index is 0.0145. The zero-order chi connectivity index (χ0) is 23.5. The number of hydrogen-bond donors (Lipinski definition) is 1. The van der Waals surface area contributed by atoms with E-state index in [4.69, 9.17) is 9.72 Å². The number of hydrogen-bond acceptors (Lipinski definition) is 4. The summed E-state index contributed by atoms with van der Waals surface area (Å²) in [6.45, 7) is 0.751. The van der Waals surface area contributed by atoms with E-state index in [1.807, 2.05) is 84.9 Å². The smallest absolute Gasteiger partial charge is 0.256 e. The van der Waals surface area contributed by atoms with E-state index >= 15 is 0 Å². The maximum atomic E-state index is 13.8. The SMILES string of the molecule is COc1cccc(-c2nc3c(c(=O)[nH]2)CN(C(=O)C(c2ccccc2)c2ccccc2)CC3)c1. The molecule has 6 nitrogen and oxygen atoms in total. The van der Waals surface area contributed by atoms with E-state index in [1.165, 1.54) is 0 Å². The van der Waals surface area contributed by atoms with E-state index in [0.29, 0.717) is 30.1 Å². The van der Waals surface area contributed by atoms with Gasteiger partial charge >= 0.3 is 0 Å². The fourth-order valence-electron chi connectivity index (χ4n) is 4.47. The predicted molar refractivity (Wildman–Crippen MR) is 131 cm³/mol. The molecule has 0 fully saturated rings. The fourth-order valence-corrected chi connectivity index (χ4v) is 4.47. The Hall–Kier alpha value is -4.19. The molecule has 6 heteroatoms. The summed E-state index contributed by atoms with van der Waals surface area (Å²) in [7, 11) is 1.60. The first kappa shape index (κ1) is 21.6. The molecule has 0 atom stereocenters. The van der Waals surface area contributed by atoms with Gasteiger partial charge in [-0.1, -0.05) is 72.8 Å². The molecule has 0 spiro atoms. The van der Waals surface area contributed by atoms with Gasteiger partial charge in [0, 0.05) is 18.5 Å². The molecule has 3 aromatic carbocycles. The lowest BCUT2D eigenvalue weighted by atomic mass is 9.89. The molecule has 5 rings (SSSR count). The average molecular weight is 452 g/mol. The molecule has 0 aliphatic carbocycles. The molecule has 0 bridgehead atoms. The van der Waals surface area contributed by atoms with Gasteiger partial charge in [0.25, 0.3) is 5.56 Å². The molecule has 170 valence electrons. The summed E-state index contributed by atoms with van der Waals surface area (Å²) < 4.78 is 5.29. The normalized spacial score (nSPS) is 12.9. The van der Waals surface area contributed by atoms with Crippen LogP contribution in [0.4, 0.5) is 0 Å². The van der Waals surface area contributed by atoms with Crippen molar-refractivity contribution in [1.29, 1.82) is 0 Å². The molecule has 0 saturated carbocycles. The van der Waals surface area contributed by atoms with E-state index < -0.39 is 5.92 Å². The van der Waals surface area contributed by atoms with Crippen LogP contribution in [-0.4, -0.2) is 34.4 Å². The quantitative estimate of drug-likeness (QED) is 0.494. The average Bonchev–Trinajstić information content (AvgIpc) is 2.90. The zero-order valence-electron chi connectivity index (χ0n) is 18.9. The number of nitrogens with zero attached hydrogens (tertiary/aromatic N) is 2. The van der Waals surface area contributed by atoms with Crippen LogP contribution >= 0.6 is 0 Å². The van der Waals surface area contributed by atoms with Gasteiger partial charge in [-0.3, -0.25) is 9.59 Å². The lowest BCUT2D eigenvalue weighted by Gasteiger charge is -2.31. The lowest BCUT2D eigenvalue weighted by molar-refractivity contribution is -0.132. The molecule has 1 aliphatic rings. The van der Waals surface area contributed by atoms with Gasteiger partial charge in [0.15, 0.2) is 0 Å². The lowest BCUT2D eigenvalue weighted by Crippen LogP contribution is -2.42. The number of aromatic amines is 1. The Bertz CT molecular complexity index is 1330. The number of methoxy groups -OCH3 is 1. The number of H-pyrrole nitrogens is 1. The van der Waals surface area contributed by atoms with Gasteiger partial charge in [-0.05, 0) is 23.3 Å². The van der Waals surface area contributed by atoms with Gasteiger partial charge < -0.3 is 14.6 Å². The zero-order valence-corrected chi connectivity index (χ0v) is 18.9. The molecular weight excluding hydrogens is 426 g/mol.